The van der Waals surface area contributed by atoms with Gasteiger partial charge in [0.25, 0.3) is 0 Å². The van der Waals surface area contributed by atoms with E-state index in [1.807, 2.05) is 0 Å². The molecular weight excluding hydrogens is 219 g/mol. The van der Waals surface area contributed by atoms with Gasteiger partial charge in [-0.25, -0.2) is 5.06 Å². The van der Waals surface area contributed by atoms with Gasteiger partial charge in [-0.3, -0.25) is 10.0 Å². The summed E-state index contributed by atoms with van der Waals surface area (Å²) in [5, 5.41) is 8.65. The van der Waals surface area contributed by atoms with Crippen LogP contribution in [0.25, 0.3) is 0 Å². The van der Waals surface area contributed by atoms with Gasteiger partial charge in [0.05, 0.1) is 0 Å². The summed E-state index contributed by atoms with van der Waals surface area (Å²) in [6.45, 7) is 0. The number of carbonyl (C=O) groups is 1. The average molecular weight is 227 g/mol. The number of carbonyl (C=O) groups excluding carboxylic acids is 1. The van der Waals surface area contributed by atoms with Gasteiger partial charge < -0.3 is 14.4 Å². The van der Waals surface area contributed by atoms with E-state index in [0.717, 1.165) is 7.05 Å². The summed E-state index contributed by atoms with van der Waals surface area (Å²) in [5.41, 5.74) is 0. The minimum absolute atomic E-state index is 0. The van der Waals surface area contributed by atoms with Crippen molar-refractivity contribution < 1.29 is 83.5 Å². The molecule has 0 spiro atoms. The molecular formula is C4H8NNa2O5P. The molecule has 0 heterocycles. The van der Waals surface area contributed by atoms with Crippen molar-refractivity contribution in [3.05, 3.63) is 0 Å². The van der Waals surface area contributed by atoms with Crippen LogP contribution in [0.15, 0.2) is 0 Å². The van der Waals surface area contributed by atoms with E-state index < -0.39 is 26.1 Å². The molecule has 6 nitrogen and oxygen atoms in total. The molecule has 0 unspecified atom stereocenters. The maximum atomic E-state index is 10.5. The third-order valence-corrected chi connectivity index (χ3v) is 1.73. The summed E-state index contributed by atoms with van der Waals surface area (Å²) in [6, 6.07) is 0. The molecule has 0 saturated carbocycles. The van der Waals surface area contributed by atoms with Crippen molar-refractivity contribution in [3.8, 4) is 0 Å². The minimum atomic E-state index is -4.62. The van der Waals surface area contributed by atoms with Crippen LogP contribution < -0.4 is 68.9 Å². The first kappa shape index (κ1) is 20.1. The number of hydrogen-bond donors (Lipinski definition) is 1. The fourth-order valence-corrected chi connectivity index (χ4v) is 0.860. The van der Waals surface area contributed by atoms with Crippen LogP contribution in [-0.4, -0.2) is 29.4 Å². The van der Waals surface area contributed by atoms with Crippen molar-refractivity contribution in [2.75, 3.05) is 13.2 Å². The molecule has 0 aromatic carbocycles. The predicted molar refractivity (Wildman–Crippen MR) is 31.6 cm³/mol. The maximum Gasteiger partial charge on any atom is 1.00 e. The normalized spacial score (nSPS) is 9.54. The molecule has 9 heteroatoms. The number of hydrogen-bond acceptors (Lipinski definition) is 5. The van der Waals surface area contributed by atoms with Crippen molar-refractivity contribution in [1.29, 1.82) is 0 Å². The Morgan fingerprint density at radius 1 is 1.46 bits per heavy atom. The maximum absolute atomic E-state index is 10.5. The second kappa shape index (κ2) is 8.85. The minimum Gasteiger partial charge on any atom is -0.811 e. The van der Waals surface area contributed by atoms with E-state index in [1.165, 1.54) is 0 Å². The average Bonchev–Trinajstić information content (AvgIpc) is 1.80. The topological polar surface area (TPSA) is 104 Å². The van der Waals surface area contributed by atoms with Crippen molar-refractivity contribution in [2.24, 2.45) is 0 Å². The van der Waals surface area contributed by atoms with E-state index in [2.05, 4.69) is 0 Å². The number of hydroxylamine groups is 2. The van der Waals surface area contributed by atoms with Crippen molar-refractivity contribution in [1.82, 2.24) is 5.06 Å². The molecule has 0 fully saturated rings. The Morgan fingerprint density at radius 3 is 2.08 bits per heavy atom. The molecule has 0 radical (unpaired) electrons. The van der Waals surface area contributed by atoms with Crippen LogP contribution >= 0.6 is 7.60 Å². The first-order valence-electron chi connectivity index (χ1n) is 2.79. The van der Waals surface area contributed by atoms with Crippen LogP contribution in [0, 0.1) is 0 Å². The van der Waals surface area contributed by atoms with E-state index >= 15 is 0 Å². The molecule has 0 aliphatic rings. The summed E-state index contributed by atoms with van der Waals surface area (Å²) in [6.07, 6.45) is -1.23. The van der Waals surface area contributed by atoms with Gasteiger partial charge in [0, 0.05) is 13.5 Å². The van der Waals surface area contributed by atoms with Crippen LogP contribution in [0.3, 0.4) is 0 Å². The van der Waals surface area contributed by atoms with Gasteiger partial charge in [0.2, 0.25) is 5.91 Å². The fraction of sp³-hybridized carbons (Fsp3) is 0.750. The van der Waals surface area contributed by atoms with Crippen LogP contribution in [0.5, 0.6) is 0 Å². The SMILES string of the molecule is CN(O)C(=O)CCP(=O)([O-])[O-].[Na+].[Na+]. The first-order valence-corrected chi connectivity index (χ1v) is 4.52. The van der Waals surface area contributed by atoms with Crippen molar-refractivity contribution in [3.63, 3.8) is 0 Å². The van der Waals surface area contributed by atoms with Gasteiger partial charge in [0.1, 0.15) is 0 Å². The Bertz CT molecular complexity index is 193. The van der Waals surface area contributed by atoms with E-state index in [9.17, 15) is 19.1 Å². The second-order valence-corrected chi connectivity index (χ2v) is 3.67. The van der Waals surface area contributed by atoms with E-state index in [4.69, 9.17) is 5.21 Å². The molecule has 0 aliphatic carbocycles. The molecule has 1 N–H and O–H groups in total. The Morgan fingerprint density at radius 2 is 1.85 bits per heavy atom. The molecule has 1 amide bonds. The zero-order valence-corrected chi connectivity index (χ0v) is 12.8. The van der Waals surface area contributed by atoms with Crippen LogP contribution in [-0.2, 0) is 9.36 Å². The van der Waals surface area contributed by atoms with Gasteiger partial charge >= 0.3 is 59.1 Å². The molecule has 0 saturated heterocycles. The smallest absolute Gasteiger partial charge is 0.811 e. The summed E-state index contributed by atoms with van der Waals surface area (Å²) in [4.78, 5) is 30.4. The predicted octanol–water partition coefficient (Wildman–Crippen LogP) is -7.85. The standard InChI is InChI=1S/C4H10NO5P.2Na/c1-5(7)4(6)2-3-11(8,9)10;;/h7H,2-3H2,1H3,(H2,8,9,10);;/q;2*+1/p-2. The van der Waals surface area contributed by atoms with Gasteiger partial charge in [-0.15, -0.1) is 0 Å². The monoisotopic (exact) mass is 227 g/mol. The van der Waals surface area contributed by atoms with Crippen LogP contribution in [0.4, 0.5) is 0 Å². The van der Waals surface area contributed by atoms with Crippen LogP contribution in [0.1, 0.15) is 6.42 Å². The van der Waals surface area contributed by atoms with Gasteiger partial charge in [-0.1, -0.05) is 7.60 Å². The second-order valence-electron chi connectivity index (χ2n) is 2.00. The summed E-state index contributed by atoms with van der Waals surface area (Å²) >= 11 is 0. The molecule has 0 aromatic heterocycles. The van der Waals surface area contributed by atoms with Gasteiger partial charge in [-0.05, 0) is 6.16 Å². The molecule has 0 rings (SSSR count). The van der Waals surface area contributed by atoms with E-state index in [1.54, 1.807) is 0 Å². The number of amides is 1. The third-order valence-electron chi connectivity index (χ3n) is 0.960. The Labute approximate surface area is 120 Å². The van der Waals surface area contributed by atoms with Gasteiger partial charge in [-0.2, -0.15) is 0 Å². The Hall–Kier alpha value is 1.58. The number of nitrogens with zero attached hydrogens (tertiary/aromatic N) is 1. The zero-order chi connectivity index (χ0) is 9.07. The molecule has 0 atom stereocenters. The molecule has 0 aliphatic heterocycles. The molecule has 0 bridgehead atoms. The Kier molecular flexibility index (Phi) is 13.7. The fourth-order valence-electron chi connectivity index (χ4n) is 0.394. The molecule has 13 heavy (non-hydrogen) atoms. The summed E-state index contributed by atoms with van der Waals surface area (Å²) in [7, 11) is -3.56. The quantitative estimate of drug-likeness (QED) is 0.223. The van der Waals surface area contributed by atoms with Crippen LogP contribution in [0.2, 0.25) is 0 Å². The summed E-state index contributed by atoms with van der Waals surface area (Å²) in [5.74, 6) is -0.795. The van der Waals surface area contributed by atoms with Crippen molar-refractivity contribution in [2.45, 2.75) is 6.42 Å². The molecule has 66 valence electrons. The Balaban J connectivity index is -0.000000500. The van der Waals surface area contributed by atoms with Gasteiger partial charge in [0.15, 0.2) is 0 Å². The molecule has 0 aromatic rings. The van der Waals surface area contributed by atoms with E-state index in [0.29, 0.717) is 0 Å². The largest absolute Gasteiger partial charge is 1.00 e. The number of rotatable bonds is 3. The third kappa shape index (κ3) is 13.6. The first-order chi connectivity index (χ1) is 4.83. The zero-order valence-electron chi connectivity index (χ0n) is 7.89. The van der Waals surface area contributed by atoms with E-state index in [-0.39, 0.29) is 64.2 Å². The summed E-state index contributed by atoms with van der Waals surface area (Å²) < 4.78 is 9.98. The van der Waals surface area contributed by atoms with Crippen molar-refractivity contribution >= 4 is 13.5 Å².